The number of piperazine rings is 1. The van der Waals surface area contributed by atoms with Crippen LogP contribution < -0.4 is 15.5 Å². The quantitative estimate of drug-likeness (QED) is 0.617. The molecule has 1 aliphatic rings. The minimum atomic E-state index is -0.304. The van der Waals surface area contributed by atoms with Gasteiger partial charge in [0.2, 0.25) is 0 Å². The van der Waals surface area contributed by atoms with Crippen LogP contribution >= 0.6 is 0 Å². The normalized spacial score (nSPS) is 13.5. The second kappa shape index (κ2) is 9.73. The van der Waals surface area contributed by atoms with Crippen LogP contribution in [0.15, 0.2) is 60.8 Å². The average Bonchev–Trinajstić information content (AvgIpc) is 2.82. The number of urea groups is 1. The zero-order valence-electron chi connectivity index (χ0n) is 19.3. The van der Waals surface area contributed by atoms with E-state index >= 15 is 0 Å². The lowest BCUT2D eigenvalue weighted by atomic mass is 10.1. The van der Waals surface area contributed by atoms with Gasteiger partial charge >= 0.3 is 6.03 Å². The van der Waals surface area contributed by atoms with Gasteiger partial charge in [-0.3, -0.25) is 4.79 Å². The van der Waals surface area contributed by atoms with Gasteiger partial charge in [-0.15, -0.1) is 0 Å². The summed E-state index contributed by atoms with van der Waals surface area (Å²) in [6.07, 6.45) is 1.65. The Morgan fingerprint density at radius 3 is 2.18 bits per heavy atom. The fourth-order valence-electron chi connectivity index (χ4n) is 3.82. The maximum absolute atomic E-state index is 12.7. The lowest BCUT2D eigenvalue weighted by Crippen LogP contribution is -2.49. The van der Waals surface area contributed by atoms with Crippen LogP contribution in [0.2, 0.25) is 0 Å². The summed E-state index contributed by atoms with van der Waals surface area (Å²) < 4.78 is 0. The van der Waals surface area contributed by atoms with Gasteiger partial charge in [0, 0.05) is 37.4 Å². The minimum absolute atomic E-state index is 0.0667. The Hall–Kier alpha value is -3.87. The Morgan fingerprint density at radius 1 is 0.818 bits per heavy atom. The number of anilines is 3. The standard InChI is InChI=1S/C26H29N5O2/c1-18-5-8-21(9-6-18)25(32)31-14-12-30(13-15-31)24-11-10-22(17-27-24)28-26(33)29-23-16-19(2)4-7-20(23)3/h4-11,16-17H,12-15H2,1-3H3,(H2,28,29,33). The molecule has 0 radical (unpaired) electrons. The fourth-order valence-corrected chi connectivity index (χ4v) is 3.82. The third-order valence-electron chi connectivity index (χ3n) is 5.84. The summed E-state index contributed by atoms with van der Waals surface area (Å²) >= 11 is 0. The Labute approximate surface area is 194 Å². The van der Waals surface area contributed by atoms with E-state index in [1.165, 1.54) is 0 Å². The molecule has 4 rings (SSSR count). The molecule has 0 bridgehead atoms. The van der Waals surface area contributed by atoms with Gasteiger partial charge in [0.15, 0.2) is 0 Å². The largest absolute Gasteiger partial charge is 0.353 e. The number of carbonyl (C=O) groups is 2. The van der Waals surface area contributed by atoms with Gasteiger partial charge in [0.25, 0.3) is 5.91 Å². The predicted molar refractivity (Wildman–Crippen MR) is 132 cm³/mol. The van der Waals surface area contributed by atoms with Gasteiger partial charge in [-0.05, 0) is 62.2 Å². The summed E-state index contributed by atoms with van der Waals surface area (Å²) in [7, 11) is 0. The maximum Gasteiger partial charge on any atom is 0.323 e. The third-order valence-corrected chi connectivity index (χ3v) is 5.84. The Morgan fingerprint density at radius 2 is 1.52 bits per heavy atom. The van der Waals surface area contributed by atoms with Crippen molar-refractivity contribution in [2.45, 2.75) is 20.8 Å². The van der Waals surface area contributed by atoms with Crippen LogP contribution in [-0.4, -0.2) is 48.0 Å². The molecule has 1 aliphatic heterocycles. The topological polar surface area (TPSA) is 77.6 Å². The summed E-state index contributed by atoms with van der Waals surface area (Å²) in [4.78, 5) is 33.6. The Balaban J connectivity index is 1.30. The molecule has 7 heteroatoms. The first-order valence-electron chi connectivity index (χ1n) is 11.1. The van der Waals surface area contributed by atoms with E-state index in [1.54, 1.807) is 6.20 Å². The van der Waals surface area contributed by atoms with Crippen molar-refractivity contribution in [3.05, 3.63) is 83.0 Å². The summed E-state index contributed by atoms with van der Waals surface area (Å²) in [5.41, 5.74) is 5.36. The highest BCUT2D eigenvalue weighted by molar-refractivity contribution is 6.00. The van der Waals surface area contributed by atoms with Crippen LogP contribution in [0.3, 0.4) is 0 Å². The number of rotatable bonds is 4. The molecule has 33 heavy (non-hydrogen) atoms. The molecule has 1 saturated heterocycles. The number of amides is 3. The second-order valence-electron chi connectivity index (χ2n) is 8.45. The summed E-state index contributed by atoms with van der Waals surface area (Å²) in [6.45, 7) is 8.68. The third kappa shape index (κ3) is 5.49. The molecule has 0 atom stereocenters. The zero-order valence-corrected chi connectivity index (χ0v) is 19.3. The molecule has 170 valence electrons. The van der Waals surface area contributed by atoms with Crippen molar-refractivity contribution in [1.82, 2.24) is 9.88 Å². The molecule has 1 fully saturated rings. The predicted octanol–water partition coefficient (Wildman–Crippen LogP) is 4.61. The molecule has 3 amide bonds. The fraction of sp³-hybridized carbons (Fsp3) is 0.269. The number of aryl methyl sites for hydroxylation is 3. The van der Waals surface area contributed by atoms with Crippen LogP contribution in [0, 0.1) is 20.8 Å². The van der Waals surface area contributed by atoms with Crippen LogP contribution in [-0.2, 0) is 0 Å². The van der Waals surface area contributed by atoms with E-state index in [0.717, 1.165) is 33.8 Å². The van der Waals surface area contributed by atoms with Crippen LogP contribution in [0.1, 0.15) is 27.0 Å². The van der Waals surface area contributed by atoms with Crippen LogP contribution in [0.4, 0.5) is 22.0 Å². The number of nitrogens with one attached hydrogen (secondary N) is 2. The number of aromatic nitrogens is 1. The van der Waals surface area contributed by atoms with Crippen molar-refractivity contribution in [3.63, 3.8) is 0 Å². The molecule has 0 unspecified atom stereocenters. The number of hydrogen-bond acceptors (Lipinski definition) is 4. The number of pyridine rings is 1. The summed E-state index contributed by atoms with van der Waals surface area (Å²) in [5.74, 6) is 0.898. The number of nitrogens with zero attached hydrogens (tertiary/aromatic N) is 3. The number of carbonyl (C=O) groups excluding carboxylic acids is 2. The molecule has 2 N–H and O–H groups in total. The van der Waals surface area contributed by atoms with Crippen molar-refractivity contribution in [3.8, 4) is 0 Å². The molecule has 7 nitrogen and oxygen atoms in total. The van der Waals surface area contributed by atoms with Crippen LogP contribution in [0.25, 0.3) is 0 Å². The molecular weight excluding hydrogens is 414 g/mol. The highest BCUT2D eigenvalue weighted by Gasteiger charge is 2.22. The molecule has 0 aliphatic carbocycles. The SMILES string of the molecule is Cc1ccc(C(=O)N2CCN(c3ccc(NC(=O)Nc4cc(C)ccc4C)cn3)CC2)cc1. The zero-order chi connectivity index (χ0) is 23.4. The first-order chi connectivity index (χ1) is 15.9. The highest BCUT2D eigenvalue weighted by atomic mass is 16.2. The molecule has 0 saturated carbocycles. The summed E-state index contributed by atoms with van der Waals surface area (Å²) in [6, 6.07) is 17.1. The van der Waals surface area contributed by atoms with E-state index in [-0.39, 0.29) is 11.9 Å². The second-order valence-corrected chi connectivity index (χ2v) is 8.45. The molecule has 1 aromatic heterocycles. The first-order valence-corrected chi connectivity index (χ1v) is 11.1. The van der Waals surface area contributed by atoms with Gasteiger partial charge < -0.3 is 20.4 Å². The highest BCUT2D eigenvalue weighted by Crippen LogP contribution is 2.19. The van der Waals surface area contributed by atoms with E-state index in [1.807, 2.05) is 80.3 Å². The van der Waals surface area contributed by atoms with Crippen molar-refractivity contribution in [2.24, 2.45) is 0 Å². The van der Waals surface area contributed by atoms with Crippen LogP contribution in [0.5, 0.6) is 0 Å². The summed E-state index contributed by atoms with van der Waals surface area (Å²) in [5, 5.41) is 5.71. The number of hydrogen-bond donors (Lipinski definition) is 2. The van der Waals surface area contributed by atoms with Crippen molar-refractivity contribution >= 4 is 29.1 Å². The Kier molecular flexibility index (Phi) is 6.58. The maximum atomic E-state index is 12.7. The number of benzene rings is 2. The molecule has 2 aromatic carbocycles. The molecule has 3 aromatic rings. The monoisotopic (exact) mass is 443 g/mol. The van der Waals surface area contributed by atoms with Gasteiger partial charge in [-0.2, -0.15) is 0 Å². The molecular formula is C26H29N5O2. The lowest BCUT2D eigenvalue weighted by molar-refractivity contribution is 0.0746. The average molecular weight is 444 g/mol. The van der Waals surface area contributed by atoms with Gasteiger partial charge in [0.1, 0.15) is 5.82 Å². The first kappa shape index (κ1) is 22.3. The van der Waals surface area contributed by atoms with Gasteiger partial charge in [-0.1, -0.05) is 29.8 Å². The van der Waals surface area contributed by atoms with Crippen molar-refractivity contribution < 1.29 is 9.59 Å². The van der Waals surface area contributed by atoms with E-state index in [4.69, 9.17) is 0 Å². The minimum Gasteiger partial charge on any atom is -0.353 e. The lowest BCUT2D eigenvalue weighted by Gasteiger charge is -2.35. The molecule has 2 heterocycles. The van der Waals surface area contributed by atoms with Crippen molar-refractivity contribution in [1.29, 1.82) is 0 Å². The van der Waals surface area contributed by atoms with Gasteiger partial charge in [-0.25, -0.2) is 9.78 Å². The van der Waals surface area contributed by atoms with E-state index in [9.17, 15) is 9.59 Å². The van der Waals surface area contributed by atoms with Crippen molar-refractivity contribution in [2.75, 3.05) is 41.7 Å². The molecule has 0 spiro atoms. The van der Waals surface area contributed by atoms with Gasteiger partial charge in [0.05, 0.1) is 11.9 Å². The smallest absolute Gasteiger partial charge is 0.323 e. The van der Waals surface area contributed by atoms with E-state index in [0.29, 0.717) is 31.9 Å². The Bertz CT molecular complexity index is 1130. The van der Waals surface area contributed by atoms with E-state index < -0.39 is 0 Å². The van der Waals surface area contributed by atoms with E-state index in [2.05, 4.69) is 20.5 Å².